The van der Waals surface area contributed by atoms with Crippen LogP contribution in [0, 0.1) is 5.92 Å². The second-order valence-electron chi connectivity index (χ2n) is 16.3. The molecule has 9 amide bonds. The van der Waals surface area contributed by atoms with Crippen LogP contribution >= 0.6 is 0 Å². The second-order valence-corrected chi connectivity index (χ2v) is 16.3. The smallest absolute Gasteiger partial charge is 0.328 e. The van der Waals surface area contributed by atoms with E-state index >= 15 is 0 Å². The zero-order chi connectivity index (χ0) is 49.4. The van der Waals surface area contributed by atoms with Crippen LogP contribution in [0.1, 0.15) is 64.9 Å². The molecule has 364 valence electrons. The van der Waals surface area contributed by atoms with Crippen LogP contribution < -0.4 is 43.4 Å². The number of hydrogen-bond acceptors (Lipinski definition) is 14. The quantitative estimate of drug-likeness (QED) is 0.0460. The van der Waals surface area contributed by atoms with E-state index in [1.807, 2.05) is 0 Å². The molecule has 9 unspecified atom stereocenters. The average Bonchev–Trinajstić information content (AvgIpc) is 3.96. The molecule has 0 radical (unpaired) electrons. The number of aliphatic carboxylic acids is 2. The molecule has 2 heterocycles. The molecule has 66 heavy (non-hydrogen) atoms. The second kappa shape index (κ2) is 25.1. The fraction of sp³-hybridized carbons (Fsp3) is 0.585. The van der Waals surface area contributed by atoms with Crippen molar-refractivity contribution in [2.75, 3.05) is 26.2 Å². The lowest BCUT2D eigenvalue weighted by Gasteiger charge is -2.31. The number of carbonyl (C=O) groups is 11. The summed E-state index contributed by atoms with van der Waals surface area (Å²) in [5.74, 6) is -12.4. The van der Waals surface area contributed by atoms with E-state index in [0.29, 0.717) is 18.4 Å². The van der Waals surface area contributed by atoms with Crippen molar-refractivity contribution in [1.29, 1.82) is 0 Å². The molecule has 25 nitrogen and oxygen atoms in total. The van der Waals surface area contributed by atoms with Gasteiger partial charge in [0.25, 0.3) is 0 Å². The number of nitrogens with two attached hydrogens (primary N) is 2. The molecule has 0 spiro atoms. The first-order chi connectivity index (χ1) is 31.1. The summed E-state index contributed by atoms with van der Waals surface area (Å²) in [6, 6.07) is -4.05. The molecule has 0 aliphatic carbocycles. The first-order valence-electron chi connectivity index (χ1n) is 21.3. The number of nitrogens with one attached hydrogen (secondary N) is 6. The van der Waals surface area contributed by atoms with Crippen LogP contribution in [0.15, 0.2) is 30.3 Å². The van der Waals surface area contributed by atoms with Gasteiger partial charge >= 0.3 is 11.9 Å². The van der Waals surface area contributed by atoms with Crippen molar-refractivity contribution >= 4 is 65.1 Å². The van der Waals surface area contributed by atoms with Crippen molar-refractivity contribution in [1.82, 2.24) is 41.7 Å². The van der Waals surface area contributed by atoms with E-state index in [1.165, 1.54) is 18.7 Å². The van der Waals surface area contributed by atoms with E-state index < -0.39 is 145 Å². The van der Waals surface area contributed by atoms with Crippen molar-refractivity contribution < 1.29 is 73.2 Å². The van der Waals surface area contributed by atoms with E-state index in [9.17, 15) is 73.2 Å². The highest BCUT2D eigenvalue weighted by Gasteiger charge is 2.41. The summed E-state index contributed by atoms with van der Waals surface area (Å²) >= 11 is 0. The number of rotatable bonds is 24. The Morgan fingerprint density at radius 3 is 1.68 bits per heavy atom. The normalized spacial score (nSPS) is 18.9. The Morgan fingerprint density at radius 2 is 1.17 bits per heavy atom. The zero-order valence-corrected chi connectivity index (χ0v) is 36.8. The van der Waals surface area contributed by atoms with Gasteiger partial charge in [0, 0.05) is 19.5 Å². The molecular formula is C41H60N10O15. The van der Waals surface area contributed by atoms with E-state index in [0.717, 1.165) is 11.8 Å². The van der Waals surface area contributed by atoms with E-state index in [-0.39, 0.29) is 38.9 Å². The van der Waals surface area contributed by atoms with Crippen molar-refractivity contribution in [3.8, 4) is 0 Å². The van der Waals surface area contributed by atoms with Gasteiger partial charge in [-0.2, -0.15) is 0 Å². The molecule has 2 saturated heterocycles. The molecule has 2 aliphatic rings. The molecule has 25 heteroatoms. The Balaban J connectivity index is 1.82. The summed E-state index contributed by atoms with van der Waals surface area (Å²) in [5, 5.41) is 53.0. The third kappa shape index (κ3) is 15.2. The Hall–Kier alpha value is -6.73. The van der Waals surface area contributed by atoms with Gasteiger partial charge in [-0.1, -0.05) is 44.2 Å². The largest absolute Gasteiger partial charge is 0.481 e. The van der Waals surface area contributed by atoms with Crippen molar-refractivity contribution in [2.45, 2.75) is 120 Å². The van der Waals surface area contributed by atoms with Crippen LogP contribution in [0.5, 0.6) is 0 Å². The molecule has 2 fully saturated rings. The van der Waals surface area contributed by atoms with Gasteiger partial charge in [-0.15, -0.1) is 0 Å². The third-order valence-electron chi connectivity index (χ3n) is 10.9. The molecule has 1 aromatic carbocycles. The van der Waals surface area contributed by atoms with Gasteiger partial charge in [-0.3, -0.25) is 47.9 Å². The SMILES string of the molecule is CC(C)C(NC(=O)C(CC(N)=O)NC(=O)C1CCCN1C(=O)CN)C(=O)NC(C(=O)NC(CC(=O)O)C(=O)NC(Cc1ccccc1)C(=O)N1CCCC1C(=O)NC(CO)C(=O)O)C(C)O. The number of carboxylic acids is 2. The van der Waals surface area contributed by atoms with E-state index in [4.69, 9.17) is 11.5 Å². The predicted octanol–water partition coefficient (Wildman–Crippen LogP) is -5.46. The number of likely N-dealkylation sites (tertiary alicyclic amines) is 2. The van der Waals surface area contributed by atoms with Crippen LogP contribution in [0.2, 0.25) is 0 Å². The Labute approximate surface area is 379 Å². The number of carbonyl (C=O) groups excluding carboxylic acids is 9. The van der Waals surface area contributed by atoms with Crippen LogP contribution in [0.25, 0.3) is 0 Å². The highest BCUT2D eigenvalue weighted by atomic mass is 16.4. The molecule has 2 aliphatic heterocycles. The zero-order valence-electron chi connectivity index (χ0n) is 36.8. The summed E-state index contributed by atoms with van der Waals surface area (Å²) in [6.45, 7) is 3.03. The predicted molar refractivity (Wildman–Crippen MR) is 228 cm³/mol. The average molecular weight is 933 g/mol. The first-order valence-corrected chi connectivity index (χ1v) is 21.3. The molecule has 9 atom stereocenters. The van der Waals surface area contributed by atoms with Gasteiger partial charge in [0.15, 0.2) is 0 Å². The fourth-order valence-corrected chi connectivity index (χ4v) is 7.49. The summed E-state index contributed by atoms with van der Waals surface area (Å²) in [6.07, 6.45) is -2.55. The maximum absolute atomic E-state index is 14.1. The molecule has 3 rings (SSSR count). The van der Waals surface area contributed by atoms with Crippen LogP contribution in [0.3, 0.4) is 0 Å². The minimum Gasteiger partial charge on any atom is -0.481 e. The minimum absolute atomic E-state index is 0.00880. The Morgan fingerprint density at radius 1 is 0.667 bits per heavy atom. The van der Waals surface area contributed by atoms with Crippen LogP contribution in [0.4, 0.5) is 0 Å². The number of hydrogen-bond donors (Lipinski definition) is 12. The molecule has 1 aromatic rings. The minimum atomic E-state index is -1.94. The van der Waals surface area contributed by atoms with Gasteiger partial charge in [0.2, 0.25) is 53.2 Å². The van der Waals surface area contributed by atoms with Crippen LogP contribution in [-0.2, 0) is 59.2 Å². The monoisotopic (exact) mass is 932 g/mol. The van der Waals surface area contributed by atoms with Gasteiger partial charge in [0.05, 0.1) is 32.1 Å². The lowest BCUT2D eigenvalue weighted by molar-refractivity contribution is -0.146. The molecule has 14 N–H and O–H groups in total. The highest BCUT2D eigenvalue weighted by Crippen LogP contribution is 2.21. The first kappa shape index (κ1) is 53.6. The van der Waals surface area contributed by atoms with Gasteiger partial charge in [-0.05, 0) is 44.1 Å². The summed E-state index contributed by atoms with van der Waals surface area (Å²) in [4.78, 5) is 145. The number of nitrogens with zero attached hydrogens (tertiary/aromatic N) is 2. The number of amides is 9. The number of aliphatic hydroxyl groups is 2. The van der Waals surface area contributed by atoms with E-state index in [1.54, 1.807) is 30.3 Å². The topological polar surface area (TPSA) is 399 Å². The number of aliphatic hydroxyl groups excluding tert-OH is 2. The number of primary amides is 1. The highest BCUT2D eigenvalue weighted by molar-refractivity contribution is 6.00. The molecule has 0 saturated carbocycles. The Kier molecular flexibility index (Phi) is 20.4. The van der Waals surface area contributed by atoms with Gasteiger partial charge < -0.3 is 73.6 Å². The lowest BCUT2D eigenvalue weighted by atomic mass is 10.0. The third-order valence-corrected chi connectivity index (χ3v) is 10.9. The summed E-state index contributed by atoms with van der Waals surface area (Å²) in [5.41, 5.74) is 11.3. The molecular weight excluding hydrogens is 873 g/mol. The maximum Gasteiger partial charge on any atom is 0.328 e. The van der Waals surface area contributed by atoms with Crippen molar-refractivity contribution in [2.24, 2.45) is 17.4 Å². The lowest BCUT2D eigenvalue weighted by Crippen LogP contribution is -2.63. The summed E-state index contributed by atoms with van der Waals surface area (Å²) in [7, 11) is 0. The van der Waals surface area contributed by atoms with Crippen molar-refractivity contribution in [3.63, 3.8) is 0 Å². The standard InChI is InChI=1S/C41H60N10O15/c1-20(2)32(48-35(59)23(16-29(43)54)44-36(60)27-11-7-13-50(27)30(55)18-42)38(62)49-33(21(3)53)39(63)45-24(17-31(56)57)34(58)46-25(15-22-9-5-4-6-10-22)40(64)51-14-8-12-28(51)37(61)47-26(19-52)41(65)66/h4-6,9-10,20-21,23-28,32-33,52-53H,7-8,11-19,42H2,1-3H3,(H2,43,54)(H,44,60)(H,45,63)(H,46,58)(H,47,61)(H,48,59)(H,49,62)(H,56,57)(H,65,66). The maximum atomic E-state index is 14.1. The summed E-state index contributed by atoms with van der Waals surface area (Å²) < 4.78 is 0. The van der Waals surface area contributed by atoms with Gasteiger partial charge in [-0.25, -0.2) is 4.79 Å². The Bertz CT molecular complexity index is 1970. The number of carboxylic acid groups (broad SMARTS) is 2. The molecule has 0 aromatic heterocycles. The number of benzene rings is 1. The van der Waals surface area contributed by atoms with Gasteiger partial charge in [0.1, 0.15) is 48.3 Å². The molecule has 0 bridgehead atoms. The van der Waals surface area contributed by atoms with Crippen molar-refractivity contribution in [3.05, 3.63) is 35.9 Å². The van der Waals surface area contributed by atoms with E-state index in [2.05, 4.69) is 31.9 Å². The van der Waals surface area contributed by atoms with Crippen LogP contribution in [-0.4, -0.2) is 176 Å². The fourth-order valence-electron chi connectivity index (χ4n) is 7.49.